The third-order valence-electron chi connectivity index (χ3n) is 5.23. The Hall–Kier alpha value is -2.95. The van der Waals surface area contributed by atoms with E-state index in [0.717, 1.165) is 18.4 Å². The van der Waals surface area contributed by atoms with E-state index in [-0.39, 0.29) is 16.6 Å². The Labute approximate surface area is 197 Å². The van der Waals surface area contributed by atoms with Crippen LogP contribution in [0.3, 0.4) is 0 Å². The van der Waals surface area contributed by atoms with E-state index in [9.17, 15) is 13.2 Å². The number of allylic oxidation sites excluding steroid dienone is 1. The zero-order valence-corrected chi connectivity index (χ0v) is 19.7. The molecule has 0 radical (unpaired) electrons. The maximum absolute atomic E-state index is 12.6. The van der Waals surface area contributed by atoms with Gasteiger partial charge in [-0.1, -0.05) is 48.2 Å². The summed E-state index contributed by atoms with van der Waals surface area (Å²) in [6.45, 7) is 5.44. The van der Waals surface area contributed by atoms with E-state index in [2.05, 4.69) is 22.1 Å². The van der Waals surface area contributed by atoms with Gasteiger partial charge < -0.3 is 5.32 Å². The van der Waals surface area contributed by atoms with Gasteiger partial charge in [0.25, 0.3) is 0 Å². The van der Waals surface area contributed by atoms with Crippen LogP contribution in [-0.2, 0) is 21.4 Å². The number of amides is 1. The summed E-state index contributed by atoms with van der Waals surface area (Å²) >= 11 is 1.28. The van der Waals surface area contributed by atoms with Crippen molar-refractivity contribution in [2.24, 2.45) is 0 Å². The van der Waals surface area contributed by atoms with Crippen molar-refractivity contribution in [1.29, 1.82) is 0 Å². The quantitative estimate of drug-likeness (QED) is 0.369. The van der Waals surface area contributed by atoms with Gasteiger partial charge in [0, 0.05) is 30.9 Å². The first-order valence-corrected chi connectivity index (χ1v) is 13.0. The molecule has 0 bridgehead atoms. The number of rotatable bonds is 9. The zero-order chi connectivity index (χ0) is 23.3. The third kappa shape index (κ3) is 5.35. The lowest BCUT2D eigenvalue weighted by molar-refractivity contribution is -0.113. The fourth-order valence-corrected chi connectivity index (χ4v) is 5.87. The lowest BCUT2D eigenvalue weighted by Gasteiger charge is -2.15. The Balaban J connectivity index is 1.39. The number of benzene rings is 2. The zero-order valence-electron chi connectivity index (χ0n) is 18.1. The highest BCUT2D eigenvalue weighted by Gasteiger charge is 2.27. The van der Waals surface area contributed by atoms with Gasteiger partial charge in [-0.3, -0.25) is 9.36 Å². The van der Waals surface area contributed by atoms with Crippen molar-refractivity contribution in [3.8, 4) is 11.4 Å². The Morgan fingerprint density at radius 2 is 1.76 bits per heavy atom. The summed E-state index contributed by atoms with van der Waals surface area (Å²) in [6.07, 6.45) is 3.54. The molecule has 4 rings (SSSR count). The summed E-state index contributed by atoms with van der Waals surface area (Å²) in [4.78, 5) is 12.7. The fourth-order valence-electron chi connectivity index (χ4n) is 3.60. The average molecular weight is 484 g/mol. The third-order valence-corrected chi connectivity index (χ3v) is 8.11. The molecular weight excluding hydrogens is 458 g/mol. The number of thioether (sulfide) groups is 1. The highest BCUT2D eigenvalue weighted by molar-refractivity contribution is 7.99. The minimum Gasteiger partial charge on any atom is -0.325 e. The van der Waals surface area contributed by atoms with Crippen molar-refractivity contribution in [3.05, 3.63) is 67.3 Å². The number of nitrogens with zero attached hydrogens (tertiary/aromatic N) is 4. The monoisotopic (exact) mass is 483 g/mol. The molecule has 1 fully saturated rings. The molecule has 0 aliphatic carbocycles. The number of anilines is 1. The number of nitrogens with one attached hydrogen (secondary N) is 1. The molecule has 8 nitrogen and oxygen atoms in total. The van der Waals surface area contributed by atoms with E-state index >= 15 is 0 Å². The molecule has 0 saturated carbocycles. The van der Waals surface area contributed by atoms with Gasteiger partial charge in [0.1, 0.15) is 0 Å². The second-order valence-corrected chi connectivity index (χ2v) is 10.4. The Kier molecular flexibility index (Phi) is 7.26. The summed E-state index contributed by atoms with van der Waals surface area (Å²) < 4.78 is 28.7. The van der Waals surface area contributed by atoms with Gasteiger partial charge >= 0.3 is 0 Å². The molecule has 1 aliphatic heterocycles. The standard InChI is InChI=1S/C23H25N5O3S2/c1-2-14-28-22(18-8-4-3-5-9-18)25-26-23(28)32-17-21(29)24-19-10-12-20(13-11-19)33(30,31)27-15-6-7-16-27/h2-5,8-13H,1,6-7,14-17H2,(H,24,29). The molecular formula is C23H25N5O3S2. The maximum Gasteiger partial charge on any atom is 0.243 e. The molecule has 1 N–H and O–H groups in total. The lowest BCUT2D eigenvalue weighted by Crippen LogP contribution is -2.27. The van der Waals surface area contributed by atoms with Gasteiger partial charge in [-0.2, -0.15) is 4.31 Å². The molecule has 2 heterocycles. The normalized spacial score (nSPS) is 14.3. The largest absolute Gasteiger partial charge is 0.325 e. The van der Waals surface area contributed by atoms with E-state index in [1.54, 1.807) is 18.2 Å². The number of hydrogen-bond donors (Lipinski definition) is 1. The molecule has 33 heavy (non-hydrogen) atoms. The van der Waals surface area contributed by atoms with E-state index < -0.39 is 10.0 Å². The molecule has 172 valence electrons. The van der Waals surface area contributed by atoms with Gasteiger partial charge in [-0.05, 0) is 37.1 Å². The molecule has 1 aliphatic rings. The number of aromatic nitrogens is 3. The minimum atomic E-state index is -3.47. The van der Waals surface area contributed by atoms with E-state index in [1.807, 2.05) is 34.9 Å². The Morgan fingerprint density at radius 1 is 1.06 bits per heavy atom. The van der Waals surface area contributed by atoms with Crippen LogP contribution >= 0.6 is 11.8 Å². The molecule has 2 aromatic carbocycles. The molecule has 0 spiro atoms. The Bertz CT molecular complexity index is 1220. The van der Waals surface area contributed by atoms with Gasteiger partial charge in [-0.15, -0.1) is 16.8 Å². The molecule has 10 heteroatoms. The first-order chi connectivity index (χ1) is 16.0. The van der Waals surface area contributed by atoms with Crippen molar-refractivity contribution >= 4 is 33.4 Å². The van der Waals surface area contributed by atoms with Gasteiger partial charge in [0.2, 0.25) is 15.9 Å². The molecule has 0 unspecified atom stereocenters. The fraction of sp³-hybridized carbons (Fsp3) is 0.261. The highest BCUT2D eigenvalue weighted by Crippen LogP contribution is 2.25. The molecule has 1 aromatic heterocycles. The molecule has 1 amide bonds. The van der Waals surface area contributed by atoms with Crippen LogP contribution in [-0.4, -0.2) is 52.2 Å². The van der Waals surface area contributed by atoms with Crippen LogP contribution in [0, 0.1) is 0 Å². The van der Waals surface area contributed by atoms with Crippen LogP contribution in [0.5, 0.6) is 0 Å². The predicted molar refractivity (Wildman–Crippen MR) is 129 cm³/mol. The van der Waals surface area contributed by atoms with Crippen molar-refractivity contribution in [2.45, 2.75) is 29.4 Å². The van der Waals surface area contributed by atoms with Gasteiger partial charge in [0.15, 0.2) is 11.0 Å². The van der Waals surface area contributed by atoms with Gasteiger partial charge in [-0.25, -0.2) is 8.42 Å². The highest BCUT2D eigenvalue weighted by atomic mass is 32.2. The number of carbonyl (C=O) groups excluding carboxylic acids is 1. The molecule has 0 atom stereocenters. The van der Waals surface area contributed by atoms with E-state index in [4.69, 9.17) is 0 Å². The average Bonchev–Trinajstić information content (AvgIpc) is 3.50. The van der Waals surface area contributed by atoms with Crippen LogP contribution in [0.15, 0.2) is 77.3 Å². The van der Waals surface area contributed by atoms with E-state index in [1.165, 1.54) is 28.2 Å². The van der Waals surface area contributed by atoms with Gasteiger partial charge in [0.05, 0.1) is 10.6 Å². The van der Waals surface area contributed by atoms with Crippen molar-refractivity contribution < 1.29 is 13.2 Å². The maximum atomic E-state index is 12.6. The number of carbonyl (C=O) groups is 1. The lowest BCUT2D eigenvalue weighted by atomic mass is 10.2. The second kappa shape index (κ2) is 10.3. The number of sulfonamides is 1. The minimum absolute atomic E-state index is 0.137. The van der Waals surface area contributed by atoms with Crippen LogP contribution in [0.4, 0.5) is 5.69 Å². The summed E-state index contributed by atoms with van der Waals surface area (Å²) in [5.41, 5.74) is 1.48. The second-order valence-electron chi connectivity index (χ2n) is 7.54. The van der Waals surface area contributed by atoms with Crippen LogP contribution < -0.4 is 5.32 Å². The van der Waals surface area contributed by atoms with Crippen LogP contribution in [0.25, 0.3) is 11.4 Å². The topological polar surface area (TPSA) is 97.2 Å². The number of hydrogen-bond acceptors (Lipinski definition) is 6. The summed E-state index contributed by atoms with van der Waals surface area (Å²) in [7, 11) is -3.47. The first kappa shape index (κ1) is 23.2. The van der Waals surface area contributed by atoms with Crippen LogP contribution in [0.2, 0.25) is 0 Å². The predicted octanol–water partition coefficient (Wildman–Crippen LogP) is 3.65. The summed E-state index contributed by atoms with van der Waals surface area (Å²) in [5, 5.41) is 12.0. The van der Waals surface area contributed by atoms with Crippen molar-refractivity contribution in [3.63, 3.8) is 0 Å². The van der Waals surface area contributed by atoms with Crippen molar-refractivity contribution in [1.82, 2.24) is 19.1 Å². The first-order valence-electron chi connectivity index (χ1n) is 10.6. The molecule has 1 saturated heterocycles. The van der Waals surface area contributed by atoms with Crippen LogP contribution in [0.1, 0.15) is 12.8 Å². The van der Waals surface area contributed by atoms with Crippen molar-refractivity contribution in [2.75, 3.05) is 24.2 Å². The summed E-state index contributed by atoms with van der Waals surface area (Å²) in [6, 6.07) is 16.0. The Morgan fingerprint density at radius 3 is 2.42 bits per heavy atom. The van der Waals surface area contributed by atoms with E-state index in [0.29, 0.717) is 36.3 Å². The summed E-state index contributed by atoms with van der Waals surface area (Å²) in [5.74, 6) is 0.635. The smallest absolute Gasteiger partial charge is 0.243 e. The molecule has 3 aromatic rings. The SMILES string of the molecule is C=CCn1c(SCC(=O)Nc2ccc(S(=O)(=O)N3CCCC3)cc2)nnc1-c1ccccc1.